The fourth-order valence-corrected chi connectivity index (χ4v) is 5.62. The number of morpholine rings is 1. The Morgan fingerprint density at radius 1 is 0.970 bits per heavy atom. The molecule has 4 rings (SSSR count). The number of hydrogen-bond acceptors (Lipinski definition) is 6. The second-order valence-corrected chi connectivity index (χ2v) is 10.2. The summed E-state index contributed by atoms with van der Waals surface area (Å²) >= 11 is 0. The van der Waals surface area contributed by atoms with Gasteiger partial charge in [-0.3, -0.25) is 9.69 Å². The largest absolute Gasteiger partial charge is 0.497 e. The van der Waals surface area contributed by atoms with Crippen LogP contribution in [0.5, 0.6) is 5.75 Å². The second-order valence-electron chi connectivity index (χ2n) is 8.28. The maximum absolute atomic E-state index is 13.1. The van der Waals surface area contributed by atoms with Gasteiger partial charge in [-0.1, -0.05) is 18.2 Å². The van der Waals surface area contributed by atoms with E-state index in [4.69, 9.17) is 9.47 Å². The molecule has 0 radical (unpaired) electrons. The molecule has 2 fully saturated rings. The number of methoxy groups -OCH3 is 1. The Hall–Kier alpha value is -2.46. The van der Waals surface area contributed by atoms with Gasteiger partial charge in [0.05, 0.1) is 25.2 Å². The summed E-state index contributed by atoms with van der Waals surface area (Å²) in [6, 6.07) is 14.5. The molecule has 8 nitrogen and oxygen atoms in total. The summed E-state index contributed by atoms with van der Waals surface area (Å²) in [5.41, 5.74) is 1.67. The van der Waals surface area contributed by atoms with E-state index >= 15 is 0 Å². The third-order valence-corrected chi connectivity index (χ3v) is 8.12. The van der Waals surface area contributed by atoms with Crippen molar-refractivity contribution in [1.82, 2.24) is 14.1 Å². The predicted molar refractivity (Wildman–Crippen MR) is 125 cm³/mol. The summed E-state index contributed by atoms with van der Waals surface area (Å²) in [6.07, 6.45) is 0.944. The Bertz CT molecular complexity index is 1040. The third-order valence-electron chi connectivity index (χ3n) is 6.22. The fraction of sp³-hybridized carbons (Fsp3) is 0.458. The molecule has 0 bridgehead atoms. The lowest BCUT2D eigenvalue weighted by molar-refractivity contribution is 0.0638. The Balaban J connectivity index is 1.32. The summed E-state index contributed by atoms with van der Waals surface area (Å²) in [5, 5.41) is 0. The van der Waals surface area contributed by atoms with Crippen LogP contribution in [0.15, 0.2) is 53.4 Å². The first kappa shape index (κ1) is 23.7. The van der Waals surface area contributed by atoms with Gasteiger partial charge in [0.2, 0.25) is 10.0 Å². The SMILES string of the molecule is COc1ccc(CCN2CCN(C(=O)c3cccc(S(=O)(=O)N4CCOCC4)c3)CC2)cc1. The molecule has 9 heteroatoms. The highest BCUT2D eigenvalue weighted by Gasteiger charge is 2.28. The quantitative estimate of drug-likeness (QED) is 0.609. The number of piperazine rings is 1. The molecule has 2 heterocycles. The van der Waals surface area contributed by atoms with Crippen molar-refractivity contribution in [2.24, 2.45) is 0 Å². The van der Waals surface area contributed by atoms with E-state index in [0.717, 1.165) is 31.8 Å². The molecule has 2 aliphatic heterocycles. The van der Waals surface area contributed by atoms with E-state index in [1.807, 2.05) is 17.0 Å². The smallest absolute Gasteiger partial charge is 0.253 e. The van der Waals surface area contributed by atoms with Crippen LogP contribution in [-0.4, -0.2) is 94.6 Å². The average molecular weight is 474 g/mol. The summed E-state index contributed by atoms with van der Waals surface area (Å²) in [7, 11) is -1.97. The van der Waals surface area contributed by atoms with Crippen LogP contribution in [-0.2, 0) is 21.2 Å². The van der Waals surface area contributed by atoms with E-state index in [1.165, 1.54) is 15.9 Å². The molecule has 0 saturated carbocycles. The molecule has 33 heavy (non-hydrogen) atoms. The van der Waals surface area contributed by atoms with Gasteiger partial charge in [0.15, 0.2) is 0 Å². The van der Waals surface area contributed by atoms with E-state index in [0.29, 0.717) is 45.0 Å². The Morgan fingerprint density at radius 3 is 2.33 bits per heavy atom. The van der Waals surface area contributed by atoms with Gasteiger partial charge in [0.1, 0.15) is 5.75 Å². The van der Waals surface area contributed by atoms with Crippen molar-refractivity contribution in [3.8, 4) is 5.75 Å². The number of rotatable bonds is 7. The Kier molecular flexibility index (Phi) is 7.64. The predicted octanol–water partition coefficient (Wildman–Crippen LogP) is 1.72. The lowest BCUT2D eigenvalue weighted by Crippen LogP contribution is -2.49. The first-order chi connectivity index (χ1) is 16.0. The molecular formula is C24H31N3O5S. The standard InChI is InChI=1S/C24H31N3O5S/c1-31-22-7-5-20(6-8-22)9-10-25-11-13-26(14-12-25)24(28)21-3-2-4-23(19-21)33(29,30)27-15-17-32-18-16-27/h2-8,19H,9-18H2,1H3. The first-order valence-electron chi connectivity index (χ1n) is 11.3. The van der Waals surface area contributed by atoms with Crippen molar-refractivity contribution < 1.29 is 22.7 Å². The van der Waals surface area contributed by atoms with E-state index in [2.05, 4.69) is 17.0 Å². The van der Waals surface area contributed by atoms with Crippen molar-refractivity contribution in [3.63, 3.8) is 0 Å². The highest BCUT2D eigenvalue weighted by molar-refractivity contribution is 7.89. The van der Waals surface area contributed by atoms with E-state index < -0.39 is 10.0 Å². The highest BCUT2D eigenvalue weighted by Crippen LogP contribution is 2.20. The molecule has 0 N–H and O–H groups in total. The van der Waals surface area contributed by atoms with Crippen molar-refractivity contribution in [3.05, 3.63) is 59.7 Å². The molecule has 178 valence electrons. The molecule has 0 aromatic heterocycles. The van der Waals surface area contributed by atoms with Gasteiger partial charge in [-0.25, -0.2) is 8.42 Å². The third kappa shape index (κ3) is 5.73. The van der Waals surface area contributed by atoms with Crippen LogP contribution in [0.3, 0.4) is 0 Å². The van der Waals surface area contributed by atoms with Gasteiger partial charge >= 0.3 is 0 Å². The molecule has 0 aliphatic carbocycles. The summed E-state index contributed by atoms with van der Waals surface area (Å²) < 4.78 is 37.8. The average Bonchev–Trinajstić information content (AvgIpc) is 2.88. The Labute approximate surface area is 195 Å². The topological polar surface area (TPSA) is 79.4 Å². The molecule has 2 aromatic carbocycles. The lowest BCUT2D eigenvalue weighted by atomic mass is 10.1. The van der Waals surface area contributed by atoms with Crippen molar-refractivity contribution >= 4 is 15.9 Å². The normalized spacial score (nSPS) is 18.3. The minimum Gasteiger partial charge on any atom is -0.497 e. The lowest BCUT2D eigenvalue weighted by Gasteiger charge is -2.35. The van der Waals surface area contributed by atoms with Gasteiger partial charge in [-0.05, 0) is 42.3 Å². The van der Waals surface area contributed by atoms with Gasteiger partial charge < -0.3 is 14.4 Å². The van der Waals surface area contributed by atoms with Gasteiger partial charge in [0.25, 0.3) is 5.91 Å². The number of ether oxygens (including phenoxy) is 2. The first-order valence-corrected chi connectivity index (χ1v) is 12.7. The number of hydrogen-bond donors (Lipinski definition) is 0. The summed E-state index contributed by atoms with van der Waals surface area (Å²) in [6.45, 7) is 5.23. The number of sulfonamides is 1. The van der Waals surface area contributed by atoms with Crippen LogP contribution in [0.4, 0.5) is 0 Å². The maximum Gasteiger partial charge on any atom is 0.253 e. The van der Waals surface area contributed by atoms with Crippen LogP contribution >= 0.6 is 0 Å². The van der Waals surface area contributed by atoms with Crippen molar-refractivity contribution in [1.29, 1.82) is 0 Å². The monoisotopic (exact) mass is 473 g/mol. The minimum absolute atomic E-state index is 0.121. The van der Waals surface area contributed by atoms with Crippen LogP contribution in [0.2, 0.25) is 0 Å². The highest BCUT2D eigenvalue weighted by atomic mass is 32.2. The zero-order valence-electron chi connectivity index (χ0n) is 19.0. The van der Waals surface area contributed by atoms with E-state index in [-0.39, 0.29) is 10.8 Å². The van der Waals surface area contributed by atoms with E-state index in [9.17, 15) is 13.2 Å². The van der Waals surface area contributed by atoms with Gasteiger partial charge in [-0.15, -0.1) is 0 Å². The van der Waals surface area contributed by atoms with Crippen LogP contribution < -0.4 is 4.74 Å². The molecular weight excluding hydrogens is 442 g/mol. The number of benzene rings is 2. The molecule has 2 saturated heterocycles. The Morgan fingerprint density at radius 2 is 1.67 bits per heavy atom. The molecule has 0 spiro atoms. The summed E-state index contributed by atoms with van der Waals surface area (Å²) in [4.78, 5) is 17.4. The van der Waals surface area contributed by atoms with Gasteiger partial charge in [0, 0.05) is 51.4 Å². The van der Waals surface area contributed by atoms with Crippen LogP contribution in [0.1, 0.15) is 15.9 Å². The number of carbonyl (C=O) groups excluding carboxylic acids is 1. The minimum atomic E-state index is -3.63. The number of amides is 1. The molecule has 0 unspecified atom stereocenters. The van der Waals surface area contributed by atoms with Crippen molar-refractivity contribution in [2.75, 3.05) is 66.1 Å². The zero-order valence-corrected chi connectivity index (χ0v) is 19.8. The number of nitrogens with zero attached hydrogens (tertiary/aromatic N) is 3. The maximum atomic E-state index is 13.1. The molecule has 1 amide bonds. The number of carbonyl (C=O) groups is 1. The van der Waals surface area contributed by atoms with E-state index in [1.54, 1.807) is 25.3 Å². The summed E-state index contributed by atoms with van der Waals surface area (Å²) in [5.74, 6) is 0.733. The van der Waals surface area contributed by atoms with Crippen LogP contribution in [0, 0.1) is 0 Å². The van der Waals surface area contributed by atoms with Crippen LogP contribution in [0.25, 0.3) is 0 Å². The second kappa shape index (κ2) is 10.6. The van der Waals surface area contributed by atoms with Gasteiger partial charge in [-0.2, -0.15) is 4.31 Å². The zero-order chi connectivity index (χ0) is 23.3. The molecule has 2 aromatic rings. The fourth-order valence-electron chi connectivity index (χ4n) is 4.16. The molecule has 2 aliphatic rings. The van der Waals surface area contributed by atoms with Crippen molar-refractivity contribution in [2.45, 2.75) is 11.3 Å². The molecule has 0 atom stereocenters.